The molecule has 0 radical (unpaired) electrons. The number of amides is 3. The number of ether oxygens (including phenoxy) is 3. The number of nitrogens with zero attached hydrogens (tertiary/aromatic N) is 1. The summed E-state index contributed by atoms with van der Waals surface area (Å²) in [6.45, 7) is 5.12. The van der Waals surface area contributed by atoms with Crippen LogP contribution in [-0.4, -0.2) is 78.9 Å². The number of nitrogens with one attached hydrogen (secondary N) is 2. The molecule has 0 bridgehead atoms. The Bertz CT molecular complexity index is 1220. The quantitative estimate of drug-likeness (QED) is 0.331. The average molecular weight is 610 g/mol. The predicted molar refractivity (Wildman–Crippen MR) is 151 cm³/mol. The number of carbonyl (C=O) groups is 4. The summed E-state index contributed by atoms with van der Waals surface area (Å²) in [5, 5.41) is 15.6. The molecule has 1 heterocycles. The molecule has 0 spiro atoms. The first-order valence-corrected chi connectivity index (χ1v) is 13.8. The minimum atomic E-state index is -1.26. The SMILES string of the molecule is CC(C)CC(NC(=O)COc1ccc(Cl)cc1Cl)C(=O)NC(Cc1ccc(OC(=O)N2CCOCC2)cc1)C(=O)O. The van der Waals surface area contributed by atoms with Crippen LogP contribution in [0.5, 0.6) is 11.5 Å². The van der Waals surface area contributed by atoms with Gasteiger partial charge in [0.2, 0.25) is 5.91 Å². The Kier molecular flexibility index (Phi) is 12.1. The van der Waals surface area contributed by atoms with E-state index in [1.54, 1.807) is 35.2 Å². The van der Waals surface area contributed by atoms with E-state index in [9.17, 15) is 24.3 Å². The van der Waals surface area contributed by atoms with Gasteiger partial charge >= 0.3 is 12.1 Å². The largest absolute Gasteiger partial charge is 0.482 e. The first-order chi connectivity index (χ1) is 19.5. The summed E-state index contributed by atoms with van der Waals surface area (Å²) in [7, 11) is 0. The molecule has 2 unspecified atom stereocenters. The molecule has 3 N–H and O–H groups in total. The number of halogens is 2. The van der Waals surface area contributed by atoms with Gasteiger partial charge in [0, 0.05) is 24.5 Å². The van der Waals surface area contributed by atoms with E-state index in [0.29, 0.717) is 42.6 Å². The number of aliphatic carboxylic acids is 1. The van der Waals surface area contributed by atoms with Crippen LogP contribution in [0.2, 0.25) is 10.0 Å². The Morgan fingerprint density at radius 2 is 1.68 bits per heavy atom. The zero-order valence-corrected chi connectivity index (χ0v) is 24.2. The molecule has 11 nitrogen and oxygen atoms in total. The maximum absolute atomic E-state index is 13.1. The molecule has 3 amide bonds. The fourth-order valence-corrected chi connectivity index (χ4v) is 4.45. The normalized spacial score (nSPS) is 14.6. The first-order valence-electron chi connectivity index (χ1n) is 13.1. The average Bonchev–Trinajstić information content (AvgIpc) is 2.93. The van der Waals surface area contributed by atoms with Gasteiger partial charge in [0.15, 0.2) is 6.61 Å². The Balaban J connectivity index is 1.57. The van der Waals surface area contributed by atoms with E-state index in [2.05, 4.69) is 10.6 Å². The molecule has 1 saturated heterocycles. The smallest absolute Gasteiger partial charge is 0.415 e. The molecule has 1 fully saturated rings. The molecule has 2 aromatic carbocycles. The third kappa shape index (κ3) is 10.4. The van der Waals surface area contributed by atoms with Crippen LogP contribution in [0.25, 0.3) is 0 Å². The predicted octanol–water partition coefficient (Wildman–Crippen LogP) is 3.55. The third-order valence-corrected chi connectivity index (χ3v) is 6.59. The summed E-state index contributed by atoms with van der Waals surface area (Å²) in [6, 6.07) is 8.67. The second-order valence-electron chi connectivity index (χ2n) is 9.83. The van der Waals surface area contributed by atoms with E-state index in [0.717, 1.165) is 0 Å². The van der Waals surface area contributed by atoms with Crippen molar-refractivity contribution >= 4 is 47.1 Å². The van der Waals surface area contributed by atoms with Crippen LogP contribution in [-0.2, 0) is 25.5 Å². The first kappa shape index (κ1) is 32.0. The molecule has 2 atom stereocenters. The van der Waals surface area contributed by atoms with Crippen LogP contribution in [0.15, 0.2) is 42.5 Å². The van der Waals surface area contributed by atoms with E-state index < -0.39 is 42.6 Å². The van der Waals surface area contributed by atoms with Crippen LogP contribution in [0, 0.1) is 5.92 Å². The van der Waals surface area contributed by atoms with Gasteiger partial charge in [-0.2, -0.15) is 0 Å². The maximum atomic E-state index is 13.1. The summed E-state index contributed by atoms with van der Waals surface area (Å²) >= 11 is 11.9. The highest BCUT2D eigenvalue weighted by molar-refractivity contribution is 6.35. The van der Waals surface area contributed by atoms with E-state index in [1.165, 1.54) is 12.1 Å². The maximum Gasteiger partial charge on any atom is 0.415 e. The number of hydrogen-bond donors (Lipinski definition) is 3. The van der Waals surface area contributed by atoms with E-state index in [4.69, 9.17) is 37.4 Å². The molecule has 1 aliphatic rings. The highest BCUT2D eigenvalue weighted by Gasteiger charge is 2.28. The summed E-state index contributed by atoms with van der Waals surface area (Å²) in [6.07, 6.45) is -0.245. The highest BCUT2D eigenvalue weighted by atomic mass is 35.5. The van der Waals surface area contributed by atoms with Gasteiger partial charge in [-0.15, -0.1) is 0 Å². The van der Waals surface area contributed by atoms with Gasteiger partial charge < -0.3 is 34.9 Å². The van der Waals surface area contributed by atoms with Crippen LogP contribution >= 0.6 is 23.2 Å². The number of carbonyl (C=O) groups excluding carboxylic acids is 3. The standard InChI is InChI=1S/C28H33Cl2N3O8/c1-17(2)13-22(31-25(34)16-40-24-8-5-19(29)15-21(24)30)26(35)32-23(27(36)37)14-18-3-6-20(7-4-18)41-28(38)33-9-11-39-12-10-33/h3-8,15,17,22-23H,9-14,16H2,1-2H3,(H,31,34)(H,32,35)(H,36,37). The molecular formula is C28H33Cl2N3O8. The van der Waals surface area contributed by atoms with Gasteiger partial charge in [0.1, 0.15) is 23.6 Å². The molecule has 2 aromatic rings. The van der Waals surface area contributed by atoms with Gasteiger partial charge in [-0.05, 0) is 48.2 Å². The van der Waals surface area contributed by atoms with E-state index >= 15 is 0 Å². The zero-order valence-electron chi connectivity index (χ0n) is 22.7. The molecule has 13 heteroatoms. The summed E-state index contributed by atoms with van der Waals surface area (Å²) in [5.74, 6) is -1.87. The van der Waals surface area contributed by atoms with Gasteiger partial charge in [-0.25, -0.2) is 9.59 Å². The van der Waals surface area contributed by atoms with Crippen LogP contribution in [0.4, 0.5) is 4.79 Å². The van der Waals surface area contributed by atoms with Crippen molar-refractivity contribution in [1.82, 2.24) is 15.5 Å². The molecule has 222 valence electrons. The zero-order chi connectivity index (χ0) is 29.9. The van der Waals surface area contributed by atoms with Crippen molar-refractivity contribution in [3.05, 3.63) is 58.1 Å². The number of benzene rings is 2. The minimum absolute atomic E-state index is 0.0219. The van der Waals surface area contributed by atoms with Gasteiger partial charge in [-0.1, -0.05) is 49.2 Å². The number of rotatable bonds is 12. The van der Waals surface area contributed by atoms with Gasteiger partial charge in [0.25, 0.3) is 5.91 Å². The van der Waals surface area contributed by atoms with Crippen molar-refractivity contribution < 1.29 is 38.5 Å². The Labute approximate surface area is 248 Å². The van der Waals surface area contributed by atoms with Crippen molar-refractivity contribution in [3.63, 3.8) is 0 Å². The van der Waals surface area contributed by atoms with E-state index in [1.807, 2.05) is 13.8 Å². The molecule has 41 heavy (non-hydrogen) atoms. The lowest BCUT2D eigenvalue weighted by Crippen LogP contribution is -2.53. The molecule has 0 aromatic heterocycles. The fourth-order valence-electron chi connectivity index (χ4n) is 3.99. The monoisotopic (exact) mass is 609 g/mol. The molecule has 0 saturated carbocycles. The van der Waals surface area contributed by atoms with Crippen molar-refractivity contribution in [1.29, 1.82) is 0 Å². The fraction of sp³-hybridized carbons (Fsp3) is 0.429. The van der Waals surface area contributed by atoms with Crippen molar-refractivity contribution in [2.45, 2.75) is 38.8 Å². The lowest BCUT2D eigenvalue weighted by atomic mass is 10.0. The van der Waals surface area contributed by atoms with Gasteiger partial charge in [0.05, 0.1) is 18.2 Å². The molecule has 1 aliphatic heterocycles. The highest BCUT2D eigenvalue weighted by Crippen LogP contribution is 2.27. The van der Waals surface area contributed by atoms with Crippen molar-refractivity contribution in [2.24, 2.45) is 5.92 Å². The number of carboxylic acid groups (broad SMARTS) is 1. The Morgan fingerprint density at radius 3 is 2.29 bits per heavy atom. The Hall–Kier alpha value is -3.54. The molecule has 0 aliphatic carbocycles. The summed E-state index contributed by atoms with van der Waals surface area (Å²) in [4.78, 5) is 51.4. The Morgan fingerprint density at radius 1 is 1.00 bits per heavy atom. The van der Waals surface area contributed by atoms with Crippen LogP contribution in [0.3, 0.4) is 0 Å². The summed E-state index contributed by atoms with van der Waals surface area (Å²) in [5.41, 5.74) is 0.599. The lowest BCUT2D eigenvalue weighted by molar-refractivity contribution is -0.142. The summed E-state index contributed by atoms with van der Waals surface area (Å²) < 4.78 is 16.0. The number of carboxylic acids is 1. The second kappa shape index (κ2) is 15.5. The molecular weight excluding hydrogens is 577 g/mol. The second-order valence-corrected chi connectivity index (χ2v) is 10.7. The minimum Gasteiger partial charge on any atom is -0.482 e. The number of hydrogen-bond acceptors (Lipinski definition) is 7. The van der Waals surface area contributed by atoms with Gasteiger partial charge in [-0.3, -0.25) is 9.59 Å². The van der Waals surface area contributed by atoms with E-state index in [-0.39, 0.29) is 29.5 Å². The van der Waals surface area contributed by atoms with Crippen molar-refractivity contribution in [2.75, 3.05) is 32.9 Å². The number of morpholine rings is 1. The lowest BCUT2D eigenvalue weighted by Gasteiger charge is -2.25. The van der Waals surface area contributed by atoms with Crippen molar-refractivity contribution in [3.8, 4) is 11.5 Å². The molecule has 3 rings (SSSR count). The topological polar surface area (TPSA) is 143 Å². The third-order valence-electron chi connectivity index (χ3n) is 6.06. The van der Waals surface area contributed by atoms with Crippen LogP contribution in [0.1, 0.15) is 25.8 Å². The van der Waals surface area contributed by atoms with Crippen LogP contribution < -0.4 is 20.1 Å².